The molecule has 4 rings (SSSR count). The number of aliphatic hydroxyl groups is 1. The molecule has 2 unspecified atom stereocenters. The number of hydrogen-bond acceptors (Lipinski definition) is 16. The minimum atomic E-state index is -5.80. The molecule has 1 aliphatic rings. The molecule has 1 aliphatic heterocycles. The number of phosphoric acid groups is 3. The van der Waals surface area contributed by atoms with E-state index in [2.05, 4.69) is 23.1 Å². The van der Waals surface area contributed by atoms with Crippen LogP contribution < -0.4 is 16.2 Å². The minimum Gasteiger partial charge on any atom is -0.756 e. The molecule has 0 radical (unpaired) electrons. The van der Waals surface area contributed by atoms with Crippen molar-refractivity contribution in [2.75, 3.05) is 18.6 Å². The van der Waals surface area contributed by atoms with Crippen LogP contribution in [-0.4, -0.2) is 69.9 Å². The summed E-state index contributed by atoms with van der Waals surface area (Å²) in [4.78, 5) is 73.1. The van der Waals surface area contributed by atoms with Crippen LogP contribution >= 0.6 is 45.1 Å². The summed E-state index contributed by atoms with van der Waals surface area (Å²) in [6.07, 6.45) is -1.04. The zero-order valence-electron chi connectivity index (χ0n) is 21.6. The predicted octanol–water partition coefficient (Wildman–Crippen LogP) is 0.735. The quantitative estimate of drug-likeness (QED) is 0.128. The molecular weight excluding hydrogens is 679 g/mol. The Morgan fingerprint density at radius 1 is 1.23 bits per heavy atom. The van der Waals surface area contributed by atoms with Gasteiger partial charge in [0.2, 0.25) is 5.95 Å². The molecule has 3 aromatic rings. The van der Waals surface area contributed by atoms with Gasteiger partial charge in [0, 0.05) is 17.7 Å². The Labute approximate surface area is 249 Å². The number of aromatic nitrogens is 4. The number of carbonyl (C=O) groups is 1. The van der Waals surface area contributed by atoms with E-state index in [4.69, 9.17) is 20.3 Å². The first-order chi connectivity index (χ1) is 20.0. The first kappa shape index (κ1) is 34.0. The van der Waals surface area contributed by atoms with Crippen molar-refractivity contribution in [1.29, 1.82) is 0 Å². The number of carbonyl (C=O) groups excluding carboxylic acids is 1. The highest BCUT2D eigenvalue weighted by Gasteiger charge is 2.40. The van der Waals surface area contributed by atoms with Gasteiger partial charge in [0.05, 0.1) is 19.0 Å². The maximum Gasteiger partial charge on any atom is 0.487 e. The lowest BCUT2D eigenvalue weighted by atomic mass is 10.1. The number of hydrogen-bond donors (Lipinski definition) is 5. The molecular formula is C19H23N5O14P3S2-. The molecule has 1 saturated heterocycles. The second-order valence-electron chi connectivity index (χ2n) is 8.62. The monoisotopic (exact) mass is 702 g/mol. The van der Waals surface area contributed by atoms with Crippen LogP contribution in [0.3, 0.4) is 0 Å². The number of aliphatic hydroxyl groups excluding tert-OH is 1. The molecule has 0 aliphatic carbocycles. The van der Waals surface area contributed by atoms with Crippen LogP contribution in [0.2, 0.25) is 0 Å². The van der Waals surface area contributed by atoms with Gasteiger partial charge < -0.3 is 39.7 Å². The molecule has 3 heterocycles. The molecule has 6 N–H and O–H groups in total. The van der Waals surface area contributed by atoms with E-state index in [1.54, 1.807) is 24.3 Å². The van der Waals surface area contributed by atoms with Crippen molar-refractivity contribution in [1.82, 2.24) is 19.1 Å². The maximum absolute atomic E-state index is 13.4. The number of imidazole rings is 1. The zero-order valence-corrected chi connectivity index (χ0v) is 26.0. The Bertz CT molecular complexity index is 1730. The van der Waals surface area contributed by atoms with Crippen molar-refractivity contribution in [3.05, 3.63) is 52.1 Å². The number of phosphoric ester groups is 1. The highest BCUT2D eigenvalue weighted by atomic mass is 33.1. The Hall–Kier alpha value is -1.93. The Balaban J connectivity index is 1.52. The Kier molecular flexibility index (Phi) is 10.4. The number of nitrogen functional groups attached to an aromatic ring is 1. The van der Waals surface area contributed by atoms with Gasteiger partial charge in [0.15, 0.2) is 11.2 Å². The Morgan fingerprint density at radius 2 is 1.93 bits per heavy atom. The Morgan fingerprint density at radius 3 is 2.60 bits per heavy atom. The van der Waals surface area contributed by atoms with Crippen molar-refractivity contribution in [3.8, 4) is 0 Å². The average molecular weight is 702 g/mol. The first-order valence-electron chi connectivity index (χ1n) is 11.7. The van der Waals surface area contributed by atoms with Crippen molar-refractivity contribution in [3.63, 3.8) is 0 Å². The predicted molar refractivity (Wildman–Crippen MR) is 149 cm³/mol. The highest BCUT2D eigenvalue weighted by Crippen LogP contribution is 2.65. The van der Waals surface area contributed by atoms with Crippen LogP contribution in [0.4, 0.5) is 5.95 Å². The summed E-state index contributed by atoms with van der Waals surface area (Å²) >= 11 is 0. The summed E-state index contributed by atoms with van der Waals surface area (Å²) in [5.74, 6) is -0.676. The van der Waals surface area contributed by atoms with Crippen LogP contribution in [-0.2, 0) is 37.3 Å². The van der Waals surface area contributed by atoms with Crippen molar-refractivity contribution in [2.24, 2.45) is 0 Å². The topological polar surface area (TPSA) is 288 Å². The van der Waals surface area contributed by atoms with Crippen molar-refractivity contribution < 1.29 is 61.1 Å². The third-order valence-electron chi connectivity index (χ3n) is 5.73. The highest BCUT2D eigenvalue weighted by molar-refractivity contribution is 8.76. The van der Waals surface area contributed by atoms with Crippen LogP contribution in [0, 0.1) is 0 Å². The maximum atomic E-state index is 13.4. The molecule has 1 fully saturated rings. The lowest BCUT2D eigenvalue weighted by Crippen LogP contribution is -2.31. The summed E-state index contributed by atoms with van der Waals surface area (Å²) in [7, 11) is -14.1. The van der Waals surface area contributed by atoms with Crippen LogP contribution in [0.5, 0.6) is 0 Å². The van der Waals surface area contributed by atoms with E-state index < -0.39 is 65.9 Å². The van der Waals surface area contributed by atoms with Gasteiger partial charge in [-0.3, -0.25) is 18.7 Å². The molecule has 2 aromatic heterocycles. The van der Waals surface area contributed by atoms with Gasteiger partial charge in [0.1, 0.15) is 12.3 Å². The largest absolute Gasteiger partial charge is 0.756 e. The standard InChI is InChI=1S/C19H24N5O14P3S2/c1-42-43-8-10-4-2-3-5-11(10)17(26)24-18(27)15-16(22-19(24)20)23(9-21-15)14-6-12(25)13(36-14)7-35-40(31,32)38-41(33,34)37-39(28,29)30/h2-5,9,12-14,25H,6-8H2,1H3,(H2,20,22)(H,31,32)(H,33,34)(H2,28,29,30)/p-1/t12-,13-,14-/m1/s1. The van der Waals surface area contributed by atoms with Crippen LogP contribution in [0.25, 0.3) is 11.2 Å². The van der Waals surface area contributed by atoms with Gasteiger partial charge in [-0.2, -0.15) is 9.29 Å². The van der Waals surface area contributed by atoms with Gasteiger partial charge in [-0.25, -0.2) is 23.0 Å². The number of nitrogens with zero attached hydrogens (tertiary/aromatic N) is 4. The van der Waals surface area contributed by atoms with Gasteiger partial charge in [-0.05, 0) is 17.9 Å². The third kappa shape index (κ3) is 8.22. The number of benzene rings is 1. The molecule has 0 amide bonds. The number of fused-ring (bicyclic) bond motifs is 1. The van der Waals surface area contributed by atoms with E-state index in [1.165, 1.54) is 26.2 Å². The smallest absolute Gasteiger partial charge is 0.487 e. The third-order valence-corrected chi connectivity index (χ3v) is 11.2. The lowest BCUT2D eigenvalue weighted by molar-refractivity contribution is -0.221. The molecule has 0 saturated carbocycles. The van der Waals surface area contributed by atoms with E-state index in [1.807, 2.05) is 6.26 Å². The van der Waals surface area contributed by atoms with Crippen molar-refractivity contribution >= 4 is 68.1 Å². The first-order valence-corrected chi connectivity index (χ1v) is 18.9. The second kappa shape index (κ2) is 13.2. The van der Waals surface area contributed by atoms with Crippen molar-refractivity contribution in [2.45, 2.75) is 30.6 Å². The fourth-order valence-electron chi connectivity index (χ4n) is 3.99. The fraction of sp³-hybridized carbons (Fsp3) is 0.368. The van der Waals surface area contributed by atoms with Crippen LogP contribution in [0.1, 0.15) is 28.6 Å². The van der Waals surface area contributed by atoms with Gasteiger partial charge in [0.25, 0.3) is 19.3 Å². The van der Waals surface area contributed by atoms with E-state index in [-0.39, 0.29) is 23.1 Å². The van der Waals surface area contributed by atoms with E-state index in [0.717, 1.165) is 6.33 Å². The average Bonchev–Trinajstić information content (AvgIpc) is 3.47. The molecule has 19 nitrogen and oxygen atoms in total. The minimum absolute atomic E-state index is 0.106. The lowest BCUT2D eigenvalue weighted by Gasteiger charge is -2.26. The number of ether oxygens (including phenoxy) is 1. The molecule has 5 atom stereocenters. The molecule has 1 aromatic carbocycles. The second-order valence-corrected chi connectivity index (χ2v) is 15.6. The summed E-state index contributed by atoms with van der Waals surface area (Å²) in [5, 5.41) is 10.4. The van der Waals surface area contributed by atoms with Gasteiger partial charge in [-0.15, -0.1) is 0 Å². The van der Waals surface area contributed by atoms with E-state index in [0.29, 0.717) is 15.9 Å². The summed E-state index contributed by atoms with van der Waals surface area (Å²) < 4.78 is 53.1. The zero-order chi connectivity index (χ0) is 31.7. The van der Waals surface area contributed by atoms with Crippen LogP contribution in [0.15, 0.2) is 35.4 Å². The number of nitrogens with two attached hydrogens (primary N) is 1. The van der Waals surface area contributed by atoms with E-state index >= 15 is 0 Å². The summed E-state index contributed by atoms with van der Waals surface area (Å²) in [5.41, 5.74) is 5.72. The van der Waals surface area contributed by atoms with E-state index in [9.17, 15) is 38.2 Å². The molecule has 0 spiro atoms. The molecule has 24 heteroatoms. The van der Waals surface area contributed by atoms with Gasteiger partial charge in [-0.1, -0.05) is 39.8 Å². The SMILES string of the molecule is CSSCc1ccccc1C(=O)n1c(N)nc2c(ncn2[C@H]2C[C@@H](O)[C@@H](COP(=O)([O-])OP(=O)(O)OP(=O)(O)O)O2)c1=O. The molecule has 43 heavy (non-hydrogen) atoms. The molecule has 0 bridgehead atoms. The normalized spacial score (nSPS) is 22.0. The number of rotatable bonds is 12. The number of anilines is 1. The summed E-state index contributed by atoms with van der Waals surface area (Å²) in [6.45, 7) is -0.966. The summed E-state index contributed by atoms with van der Waals surface area (Å²) in [6, 6.07) is 6.70. The fourth-order valence-corrected chi connectivity index (χ4v) is 8.21. The molecule has 236 valence electrons. The van der Waals surface area contributed by atoms with Gasteiger partial charge >= 0.3 is 15.6 Å².